The Kier molecular flexibility index (Phi) is 7.45. The van der Waals surface area contributed by atoms with Crippen LogP contribution in [0.5, 0.6) is 0 Å². The fourth-order valence-electron chi connectivity index (χ4n) is 9.28. The van der Waals surface area contributed by atoms with Crippen molar-refractivity contribution in [3.05, 3.63) is 71.3 Å². The number of likely N-dealkylation sites (tertiary alicyclic amines) is 1. The van der Waals surface area contributed by atoms with Crippen LogP contribution in [0.1, 0.15) is 126 Å². The summed E-state index contributed by atoms with van der Waals surface area (Å²) in [6.07, 6.45) is 19.4. The molecule has 0 bridgehead atoms. The Bertz CT molecular complexity index is 1690. The Hall–Kier alpha value is -3.67. The number of nitrogens with one attached hydrogen (secondary N) is 1. The molecule has 3 aromatic rings. The average molecular weight is 617 g/mol. The maximum Gasteiger partial charge on any atom is 0.410 e. The van der Waals surface area contributed by atoms with E-state index in [0.29, 0.717) is 11.3 Å². The zero-order valence-electron chi connectivity index (χ0n) is 27.8. The number of benzene rings is 2. The molecule has 3 heterocycles. The van der Waals surface area contributed by atoms with Gasteiger partial charge in [-0.15, -0.1) is 0 Å². The number of allylic oxidation sites excluding steroid dienone is 1. The van der Waals surface area contributed by atoms with Gasteiger partial charge in [-0.05, 0) is 117 Å². The topological polar surface area (TPSA) is 70.6 Å². The molecule has 1 atom stereocenters. The highest BCUT2D eigenvalue weighted by Gasteiger charge is 2.44. The minimum Gasteiger partial charge on any atom is -0.444 e. The van der Waals surface area contributed by atoms with Gasteiger partial charge in [0.05, 0.1) is 17.9 Å². The lowest BCUT2D eigenvalue weighted by Gasteiger charge is -2.29. The van der Waals surface area contributed by atoms with E-state index in [0.717, 1.165) is 49.5 Å². The van der Waals surface area contributed by atoms with Gasteiger partial charge >= 0.3 is 6.09 Å². The Morgan fingerprint density at radius 2 is 1.65 bits per heavy atom. The van der Waals surface area contributed by atoms with Crippen LogP contribution in [0.3, 0.4) is 0 Å². The monoisotopic (exact) mass is 616 g/mol. The number of fused-ring (bicyclic) bond motifs is 2. The Morgan fingerprint density at radius 1 is 0.913 bits per heavy atom. The lowest BCUT2D eigenvalue weighted by atomic mass is 9.76. The van der Waals surface area contributed by atoms with Crippen LogP contribution in [0.4, 0.5) is 4.79 Å². The van der Waals surface area contributed by atoms with Crippen LogP contribution in [0.2, 0.25) is 0 Å². The number of carbonyl (C=O) groups excluding carboxylic acids is 1. The number of nitrogens with zero attached hydrogens (tertiary/aromatic N) is 3. The summed E-state index contributed by atoms with van der Waals surface area (Å²) in [6, 6.07) is 14.0. The number of carbonyl (C=O) groups is 1. The molecule has 3 aliphatic carbocycles. The van der Waals surface area contributed by atoms with E-state index in [4.69, 9.17) is 14.7 Å². The summed E-state index contributed by atoms with van der Waals surface area (Å²) in [5.41, 5.74) is 11.8. The first-order valence-electron chi connectivity index (χ1n) is 17.9. The van der Waals surface area contributed by atoms with Crippen LogP contribution >= 0.6 is 0 Å². The van der Waals surface area contributed by atoms with Crippen molar-refractivity contribution in [3.8, 4) is 22.4 Å². The fourth-order valence-corrected chi connectivity index (χ4v) is 9.28. The number of aliphatic imine (C=N–C) groups is 1. The maximum atomic E-state index is 13.0. The van der Waals surface area contributed by atoms with Crippen LogP contribution in [-0.2, 0) is 16.6 Å². The molecule has 0 unspecified atom stereocenters. The van der Waals surface area contributed by atoms with Gasteiger partial charge in [0.2, 0.25) is 0 Å². The second-order valence-electron chi connectivity index (χ2n) is 15.5. The summed E-state index contributed by atoms with van der Waals surface area (Å²) >= 11 is 0. The van der Waals surface area contributed by atoms with Crippen molar-refractivity contribution in [3.63, 3.8) is 0 Å². The smallest absolute Gasteiger partial charge is 0.410 e. The van der Waals surface area contributed by atoms with Crippen LogP contribution in [-0.4, -0.2) is 44.9 Å². The normalized spacial score (nSPS) is 22.5. The zero-order chi connectivity index (χ0) is 31.5. The van der Waals surface area contributed by atoms with E-state index in [1.165, 1.54) is 91.2 Å². The maximum absolute atomic E-state index is 13.0. The van der Waals surface area contributed by atoms with Crippen LogP contribution in [0.25, 0.3) is 28.0 Å². The predicted molar refractivity (Wildman–Crippen MR) is 185 cm³/mol. The number of hydrogen-bond donors (Lipinski definition) is 1. The Balaban J connectivity index is 1.06. The third-order valence-corrected chi connectivity index (χ3v) is 11.5. The lowest BCUT2D eigenvalue weighted by Crippen LogP contribution is -2.43. The number of aromatic amines is 1. The minimum absolute atomic E-state index is 0.0275. The number of rotatable bonds is 5. The van der Waals surface area contributed by atoms with Crippen molar-refractivity contribution in [2.45, 2.75) is 127 Å². The Labute approximate surface area is 273 Å². The summed E-state index contributed by atoms with van der Waals surface area (Å²) in [4.78, 5) is 28.3. The van der Waals surface area contributed by atoms with E-state index in [9.17, 15) is 4.79 Å². The summed E-state index contributed by atoms with van der Waals surface area (Å²) < 4.78 is 5.76. The number of ether oxygens (including phenoxy) is 1. The van der Waals surface area contributed by atoms with Crippen molar-refractivity contribution < 1.29 is 9.53 Å². The summed E-state index contributed by atoms with van der Waals surface area (Å²) in [7, 11) is 0. The van der Waals surface area contributed by atoms with Gasteiger partial charge in [0.1, 0.15) is 11.4 Å². The van der Waals surface area contributed by atoms with Gasteiger partial charge in [-0.1, -0.05) is 62.1 Å². The molecule has 0 radical (unpaired) electrons. The predicted octanol–water partition coefficient (Wildman–Crippen LogP) is 9.74. The first-order chi connectivity index (χ1) is 22.3. The van der Waals surface area contributed by atoms with E-state index in [1.807, 2.05) is 31.9 Å². The molecule has 1 aromatic heterocycles. The molecule has 6 nitrogen and oxygen atoms in total. The molecule has 6 heteroatoms. The van der Waals surface area contributed by atoms with Crippen molar-refractivity contribution in [1.82, 2.24) is 14.9 Å². The average Bonchev–Trinajstić information content (AvgIpc) is 3.88. The first-order valence-corrected chi connectivity index (χ1v) is 17.9. The number of amides is 1. The molecule has 46 heavy (non-hydrogen) atoms. The molecule has 240 valence electrons. The SMILES string of the molecule is CC(C)(C)OC(=O)N1CCC[C@H]1C1=NC=C(c2ccc(-c3ccc(-c4cnc(C5CCCC5)[nH]4)cc3)c3c2CCC32CCCC2)C1. The molecule has 1 saturated heterocycles. The van der Waals surface area contributed by atoms with Gasteiger partial charge in [0.25, 0.3) is 0 Å². The van der Waals surface area contributed by atoms with Gasteiger partial charge in [0.15, 0.2) is 0 Å². The van der Waals surface area contributed by atoms with E-state index in [-0.39, 0.29) is 12.1 Å². The van der Waals surface area contributed by atoms with Crippen LogP contribution in [0.15, 0.2) is 53.8 Å². The van der Waals surface area contributed by atoms with E-state index in [1.54, 1.807) is 5.56 Å². The third kappa shape index (κ3) is 5.32. The first kappa shape index (κ1) is 29.7. The molecule has 1 amide bonds. The van der Waals surface area contributed by atoms with Gasteiger partial charge in [-0.3, -0.25) is 9.89 Å². The van der Waals surface area contributed by atoms with Crippen LogP contribution < -0.4 is 0 Å². The van der Waals surface area contributed by atoms with Gasteiger partial charge in [-0.25, -0.2) is 9.78 Å². The molecular formula is C40H48N4O2. The van der Waals surface area contributed by atoms with Crippen LogP contribution in [0, 0.1) is 0 Å². The zero-order valence-corrected chi connectivity index (χ0v) is 27.8. The highest BCUT2D eigenvalue weighted by molar-refractivity contribution is 6.03. The summed E-state index contributed by atoms with van der Waals surface area (Å²) in [5, 5.41) is 0. The molecule has 2 aliphatic heterocycles. The number of aromatic nitrogens is 2. The molecule has 1 N–H and O–H groups in total. The summed E-state index contributed by atoms with van der Waals surface area (Å²) in [6.45, 7) is 6.54. The molecule has 1 spiro atoms. The molecular weight excluding hydrogens is 568 g/mol. The van der Waals surface area contributed by atoms with E-state index >= 15 is 0 Å². The summed E-state index contributed by atoms with van der Waals surface area (Å²) in [5.74, 6) is 1.75. The van der Waals surface area contributed by atoms with Crippen molar-refractivity contribution >= 4 is 17.4 Å². The fraction of sp³-hybridized carbons (Fsp3) is 0.525. The van der Waals surface area contributed by atoms with Crippen molar-refractivity contribution in [2.75, 3.05) is 6.54 Å². The van der Waals surface area contributed by atoms with Gasteiger partial charge in [-0.2, -0.15) is 0 Å². The standard InChI is InChI=1S/C40H48N4O2/c1-39(2,3)46-38(45)44-22-8-11-35(44)33-23-29(24-41-33)30-16-17-31(36-32(30)18-21-40(36)19-6-7-20-40)26-12-14-27(15-13-26)34-25-42-37(43-34)28-9-4-5-10-28/h12-17,24-25,28,35H,4-11,18-23H2,1-3H3,(H,42,43)/t35-/m0/s1. The molecule has 5 aliphatic rings. The molecule has 2 saturated carbocycles. The highest BCUT2D eigenvalue weighted by atomic mass is 16.6. The molecule has 8 rings (SSSR count). The minimum atomic E-state index is -0.498. The second kappa shape index (κ2) is 11.5. The van der Waals surface area contributed by atoms with Gasteiger partial charge in [0, 0.05) is 30.8 Å². The van der Waals surface area contributed by atoms with E-state index in [2.05, 4.69) is 47.6 Å². The third-order valence-electron chi connectivity index (χ3n) is 11.5. The quantitative estimate of drug-likeness (QED) is 0.310. The highest BCUT2D eigenvalue weighted by Crippen LogP contribution is 2.55. The van der Waals surface area contributed by atoms with E-state index < -0.39 is 5.60 Å². The number of hydrogen-bond acceptors (Lipinski definition) is 4. The number of imidazole rings is 1. The Morgan fingerprint density at radius 3 is 2.41 bits per heavy atom. The number of H-pyrrole nitrogens is 1. The molecule has 3 fully saturated rings. The lowest BCUT2D eigenvalue weighted by molar-refractivity contribution is 0.0265. The van der Waals surface area contributed by atoms with Gasteiger partial charge < -0.3 is 9.72 Å². The van der Waals surface area contributed by atoms with Crippen molar-refractivity contribution in [2.24, 2.45) is 4.99 Å². The van der Waals surface area contributed by atoms with Crippen molar-refractivity contribution in [1.29, 1.82) is 0 Å². The largest absolute Gasteiger partial charge is 0.444 e. The molecule has 2 aromatic carbocycles. The second-order valence-corrected chi connectivity index (χ2v) is 15.5.